The van der Waals surface area contributed by atoms with Gasteiger partial charge in [-0.3, -0.25) is 4.79 Å². The van der Waals surface area contributed by atoms with Crippen molar-refractivity contribution < 1.29 is 4.79 Å². The summed E-state index contributed by atoms with van der Waals surface area (Å²) in [5.41, 5.74) is 5.57. The Morgan fingerprint density at radius 2 is 2.04 bits per heavy atom. The molecule has 2 heterocycles. The van der Waals surface area contributed by atoms with Gasteiger partial charge in [-0.05, 0) is 29.7 Å². The summed E-state index contributed by atoms with van der Waals surface area (Å²) in [7, 11) is 0. The molecule has 0 spiro atoms. The van der Waals surface area contributed by atoms with E-state index in [2.05, 4.69) is 30.2 Å². The SMILES string of the molecule is CC(C)CNC(=O)c1cccc(Cc2cscn2)c1-n1cccc1. The number of hydrogen-bond acceptors (Lipinski definition) is 3. The molecule has 0 unspecified atom stereocenters. The smallest absolute Gasteiger partial charge is 0.253 e. The molecule has 0 atom stereocenters. The Bertz CT molecular complexity index is 792. The molecule has 24 heavy (non-hydrogen) atoms. The first kappa shape index (κ1) is 16.5. The van der Waals surface area contributed by atoms with E-state index in [0.717, 1.165) is 16.9 Å². The number of aromatic nitrogens is 2. The van der Waals surface area contributed by atoms with Crippen LogP contribution in [0.15, 0.2) is 53.6 Å². The first-order valence-corrected chi connectivity index (χ1v) is 9.00. The van der Waals surface area contributed by atoms with Gasteiger partial charge in [-0.1, -0.05) is 26.0 Å². The van der Waals surface area contributed by atoms with Crippen molar-refractivity contribution in [3.05, 3.63) is 70.4 Å². The lowest BCUT2D eigenvalue weighted by atomic mass is 10.0. The topological polar surface area (TPSA) is 46.9 Å². The van der Waals surface area contributed by atoms with Crippen molar-refractivity contribution in [1.82, 2.24) is 14.9 Å². The Morgan fingerprint density at radius 1 is 1.25 bits per heavy atom. The maximum Gasteiger partial charge on any atom is 0.253 e. The highest BCUT2D eigenvalue weighted by molar-refractivity contribution is 7.07. The van der Waals surface area contributed by atoms with Crippen molar-refractivity contribution >= 4 is 17.2 Å². The molecule has 0 saturated carbocycles. The average Bonchev–Trinajstić information content (AvgIpc) is 3.26. The molecular weight excluding hydrogens is 318 g/mol. The Kier molecular flexibility index (Phi) is 5.11. The lowest BCUT2D eigenvalue weighted by Gasteiger charge is -2.16. The first-order chi connectivity index (χ1) is 11.6. The molecule has 3 aromatic rings. The number of carbonyl (C=O) groups is 1. The van der Waals surface area contributed by atoms with Crippen LogP contribution in [0.4, 0.5) is 0 Å². The highest BCUT2D eigenvalue weighted by Crippen LogP contribution is 2.23. The van der Waals surface area contributed by atoms with Crippen LogP contribution in [0, 0.1) is 5.92 Å². The van der Waals surface area contributed by atoms with Gasteiger partial charge in [0, 0.05) is 30.7 Å². The van der Waals surface area contributed by atoms with Crippen LogP contribution in [0.3, 0.4) is 0 Å². The van der Waals surface area contributed by atoms with E-state index in [1.807, 2.05) is 52.1 Å². The van der Waals surface area contributed by atoms with Crippen LogP contribution in [0.1, 0.15) is 35.5 Å². The van der Waals surface area contributed by atoms with E-state index < -0.39 is 0 Å². The van der Waals surface area contributed by atoms with E-state index in [9.17, 15) is 4.79 Å². The zero-order chi connectivity index (χ0) is 16.9. The van der Waals surface area contributed by atoms with Gasteiger partial charge in [-0.15, -0.1) is 11.3 Å². The van der Waals surface area contributed by atoms with Gasteiger partial charge in [-0.2, -0.15) is 0 Å². The third kappa shape index (κ3) is 3.74. The number of hydrogen-bond donors (Lipinski definition) is 1. The maximum absolute atomic E-state index is 12.7. The summed E-state index contributed by atoms with van der Waals surface area (Å²) in [6.45, 7) is 4.85. The van der Waals surface area contributed by atoms with Crippen LogP contribution in [0.5, 0.6) is 0 Å². The fraction of sp³-hybridized carbons (Fsp3) is 0.263. The summed E-state index contributed by atoms with van der Waals surface area (Å²) in [6, 6.07) is 9.83. The summed E-state index contributed by atoms with van der Waals surface area (Å²) in [5, 5.41) is 5.07. The number of nitrogens with zero attached hydrogens (tertiary/aromatic N) is 2. The van der Waals surface area contributed by atoms with Gasteiger partial charge in [0.05, 0.1) is 22.5 Å². The van der Waals surface area contributed by atoms with Crippen molar-refractivity contribution in [2.24, 2.45) is 5.92 Å². The van der Waals surface area contributed by atoms with Crippen LogP contribution in [0.2, 0.25) is 0 Å². The molecular formula is C19H21N3OS. The molecule has 0 fully saturated rings. The van der Waals surface area contributed by atoms with E-state index in [1.165, 1.54) is 0 Å². The first-order valence-electron chi connectivity index (χ1n) is 8.05. The molecule has 0 aliphatic rings. The third-order valence-electron chi connectivity index (χ3n) is 3.75. The van der Waals surface area contributed by atoms with Gasteiger partial charge in [-0.25, -0.2) is 4.98 Å². The maximum atomic E-state index is 12.7. The molecule has 0 bridgehead atoms. The normalized spacial score (nSPS) is 11.0. The number of thiazole rings is 1. The van der Waals surface area contributed by atoms with Gasteiger partial charge in [0.15, 0.2) is 0 Å². The second-order valence-corrected chi connectivity index (χ2v) is 6.88. The molecule has 0 radical (unpaired) electrons. The van der Waals surface area contributed by atoms with Crippen LogP contribution >= 0.6 is 11.3 Å². The van der Waals surface area contributed by atoms with Gasteiger partial charge in [0.1, 0.15) is 0 Å². The number of amides is 1. The van der Waals surface area contributed by atoms with Gasteiger partial charge >= 0.3 is 0 Å². The van der Waals surface area contributed by atoms with Gasteiger partial charge in [0.2, 0.25) is 0 Å². The van der Waals surface area contributed by atoms with Crippen molar-refractivity contribution in [3.8, 4) is 5.69 Å². The summed E-state index contributed by atoms with van der Waals surface area (Å²) in [6.07, 6.45) is 4.65. The fourth-order valence-electron chi connectivity index (χ4n) is 2.62. The summed E-state index contributed by atoms with van der Waals surface area (Å²) >= 11 is 1.59. The van der Waals surface area contributed by atoms with Crippen molar-refractivity contribution in [3.63, 3.8) is 0 Å². The lowest BCUT2D eigenvalue weighted by molar-refractivity contribution is 0.0949. The highest BCUT2D eigenvalue weighted by Gasteiger charge is 2.17. The number of para-hydroxylation sites is 1. The van der Waals surface area contributed by atoms with Gasteiger partial charge in [0.25, 0.3) is 5.91 Å². The van der Waals surface area contributed by atoms with E-state index in [0.29, 0.717) is 24.4 Å². The average molecular weight is 339 g/mol. The van der Waals surface area contributed by atoms with E-state index >= 15 is 0 Å². The zero-order valence-corrected chi connectivity index (χ0v) is 14.7. The van der Waals surface area contributed by atoms with Crippen LogP contribution in [0.25, 0.3) is 5.69 Å². The molecule has 4 nitrogen and oxygen atoms in total. The molecule has 0 saturated heterocycles. The molecule has 124 valence electrons. The minimum Gasteiger partial charge on any atom is -0.352 e. The molecule has 0 aliphatic heterocycles. The monoisotopic (exact) mass is 339 g/mol. The van der Waals surface area contributed by atoms with E-state index in [1.54, 1.807) is 11.3 Å². The summed E-state index contributed by atoms with van der Waals surface area (Å²) in [4.78, 5) is 17.1. The van der Waals surface area contributed by atoms with E-state index in [-0.39, 0.29) is 5.91 Å². The molecule has 5 heteroatoms. The Labute approximate surface area is 146 Å². The number of carbonyl (C=O) groups excluding carboxylic acids is 1. The Hall–Kier alpha value is -2.40. The van der Waals surface area contributed by atoms with E-state index in [4.69, 9.17) is 0 Å². The molecule has 2 aromatic heterocycles. The lowest BCUT2D eigenvalue weighted by Crippen LogP contribution is -2.28. The Morgan fingerprint density at radius 3 is 2.71 bits per heavy atom. The minimum atomic E-state index is -0.0347. The van der Waals surface area contributed by atoms with Crippen LogP contribution in [-0.4, -0.2) is 22.0 Å². The molecule has 1 N–H and O–H groups in total. The molecule has 1 aromatic carbocycles. The van der Waals surface area contributed by atoms with Crippen molar-refractivity contribution in [1.29, 1.82) is 0 Å². The third-order valence-corrected chi connectivity index (χ3v) is 4.39. The van der Waals surface area contributed by atoms with Crippen LogP contribution < -0.4 is 5.32 Å². The second-order valence-electron chi connectivity index (χ2n) is 6.16. The van der Waals surface area contributed by atoms with Crippen LogP contribution in [-0.2, 0) is 6.42 Å². The molecule has 0 aliphatic carbocycles. The number of rotatable bonds is 6. The number of benzene rings is 1. The number of nitrogens with one attached hydrogen (secondary N) is 1. The summed E-state index contributed by atoms with van der Waals surface area (Å²) in [5.74, 6) is 0.384. The van der Waals surface area contributed by atoms with Gasteiger partial charge < -0.3 is 9.88 Å². The largest absolute Gasteiger partial charge is 0.352 e. The quantitative estimate of drug-likeness (QED) is 0.740. The fourth-order valence-corrected chi connectivity index (χ4v) is 3.18. The molecule has 3 rings (SSSR count). The summed E-state index contributed by atoms with van der Waals surface area (Å²) < 4.78 is 2.01. The predicted molar refractivity (Wildman–Crippen MR) is 97.9 cm³/mol. The standard InChI is InChI=1S/C19H21N3OS/c1-14(2)11-20-19(23)17-7-5-6-15(10-16-12-24-13-21-16)18(17)22-8-3-4-9-22/h3-9,12-14H,10-11H2,1-2H3,(H,20,23). The predicted octanol–water partition coefficient (Wildman–Crippen LogP) is 3.91. The van der Waals surface area contributed by atoms with Crippen molar-refractivity contribution in [2.45, 2.75) is 20.3 Å². The minimum absolute atomic E-state index is 0.0347. The zero-order valence-electron chi connectivity index (χ0n) is 13.9. The van der Waals surface area contributed by atoms with Crippen molar-refractivity contribution in [2.75, 3.05) is 6.54 Å². The highest BCUT2D eigenvalue weighted by atomic mass is 32.1. The Balaban J connectivity index is 2.00. The molecule has 1 amide bonds. The second kappa shape index (κ2) is 7.45.